The first kappa shape index (κ1) is 14.2. The molecule has 2 rings (SSSR count). The lowest BCUT2D eigenvalue weighted by Gasteiger charge is -2.06. The van der Waals surface area contributed by atoms with E-state index in [4.69, 9.17) is 0 Å². The smallest absolute Gasteiger partial charge is 0.173 e. The second-order valence-corrected chi connectivity index (χ2v) is 4.08. The standard InChI is InChI=1S/C14H7F5O/c15-8-1-2-10(17)7(3-8)4-13(20)14-11(18)5-9(16)6-12(14)19/h1-3,5-6H,4H2. The number of halogens is 5. The lowest BCUT2D eigenvalue weighted by atomic mass is 10.0. The number of carbonyl (C=O) groups excluding carboxylic acids is 1. The van der Waals surface area contributed by atoms with Crippen LogP contribution in [0.15, 0.2) is 30.3 Å². The van der Waals surface area contributed by atoms with Crippen molar-refractivity contribution < 1.29 is 26.7 Å². The maximum atomic E-state index is 13.4. The van der Waals surface area contributed by atoms with Crippen LogP contribution in [0.4, 0.5) is 22.0 Å². The lowest BCUT2D eigenvalue weighted by molar-refractivity contribution is 0.0983. The molecule has 104 valence electrons. The highest BCUT2D eigenvalue weighted by molar-refractivity contribution is 5.98. The van der Waals surface area contributed by atoms with Gasteiger partial charge >= 0.3 is 0 Å². The van der Waals surface area contributed by atoms with E-state index in [9.17, 15) is 26.7 Å². The number of hydrogen-bond acceptors (Lipinski definition) is 1. The lowest BCUT2D eigenvalue weighted by Crippen LogP contribution is -2.11. The van der Waals surface area contributed by atoms with Crippen LogP contribution in [0.2, 0.25) is 0 Å². The maximum absolute atomic E-state index is 13.4. The zero-order chi connectivity index (χ0) is 14.9. The van der Waals surface area contributed by atoms with Gasteiger partial charge in [0.1, 0.15) is 29.1 Å². The highest BCUT2D eigenvalue weighted by atomic mass is 19.2. The van der Waals surface area contributed by atoms with Gasteiger partial charge in [-0.15, -0.1) is 0 Å². The normalized spacial score (nSPS) is 10.7. The van der Waals surface area contributed by atoms with E-state index in [1.54, 1.807) is 0 Å². The molecule has 0 heterocycles. The molecule has 0 aliphatic rings. The van der Waals surface area contributed by atoms with Crippen molar-refractivity contribution in [3.8, 4) is 0 Å². The van der Waals surface area contributed by atoms with Crippen LogP contribution in [-0.2, 0) is 6.42 Å². The summed E-state index contributed by atoms with van der Waals surface area (Å²) in [6.45, 7) is 0. The number of carbonyl (C=O) groups is 1. The van der Waals surface area contributed by atoms with Gasteiger partial charge in [0.15, 0.2) is 5.78 Å². The summed E-state index contributed by atoms with van der Waals surface area (Å²) < 4.78 is 65.7. The molecule has 0 amide bonds. The third kappa shape index (κ3) is 2.84. The second kappa shape index (κ2) is 5.40. The SMILES string of the molecule is O=C(Cc1cc(F)ccc1F)c1c(F)cc(F)cc1F. The monoisotopic (exact) mass is 286 g/mol. The average Bonchev–Trinajstić information content (AvgIpc) is 2.32. The van der Waals surface area contributed by atoms with Crippen molar-refractivity contribution in [2.75, 3.05) is 0 Å². The van der Waals surface area contributed by atoms with Gasteiger partial charge in [0.25, 0.3) is 0 Å². The maximum Gasteiger partial charge on any atom is 0.173 e. The van der Waals surface area contributed by atoms with E-state index in [1.807, 2.05) is 0 Å². The molecule has 1 nitrogen and oxygen atoms in total. The van der Waals surface area contributed by atoms with Crippen molar-refractivity contribution in [3.05, 3.63) is 70.5 Å². The summed E-state index contributed by atoms with van der Waals surface area (Å²) in [5.74, 6) is -6.71. The van der Waals surface area contributed by atoms with Crippen molar-refractivity contribution in [1.82, 2.24) is 0 Å². The Morgan fingerprint density at radius 3 is 2.00 bits per heavy atom. The van der Waals surface area contributed by atoms with Crippen molar-refractivity contribution >= 4 is 5.78 Å². The molecular weight excluding hydrogens is 279 g/mol. The first-order chi connectivity index (χ1) is 9.38. The number of Topliss-reactive ketones (excluding diaryl/α,β-unsaturated/α-hetero) is 1. The van der Waals surface area contributed by atoms with Crippen molar-refractivity contribution in [3.63, 3.8) is 0 Å². The molecule has 0 atom stereocenters. The first-order valence-corrected chi connectivity index (χ1v) is 5.50. The third-order valence-corrected chi connectivity index (χ3v) is 2.64. The minimum Gasteiger partial charge on any atom is -0.294 e. The largest absolute Gasteiger partial charge is 0.294 e. The molecule has 20 heavy (non-hydrogen) atoms. The van der Waals surface area contributed by atoms with Crippen LogP contribution in [0.5, 0.6) is 0 Å². The van der Waals surface area contributed by atoms with Gasteiger partial charge < -0.3 is 0 Å². The average molecular weight is 286 g/mol. The van der Waals surface area contributed by atoms with Gasteiger partial charge in [-0.05, 0) is 23.8 Å². The van der Waals surface area contributed by atoms with Gasteiger partial charge in [0.2, 0.25) is 0 Å². The summed E-state index contributed by atoms with van der Waals surface area (Å²) in [7, 11) is 0. The van der Waals surface area contributed by atoms with Crippen LogP contribution >= 0.6 is 0 Å². The number of hydrogen-bond donors (Lipinski definition) is 0. The predicted molar refractivity (Wildman–Crippen MR) is 60.7 cm³/mol. The van der Waals surface area contributed by atoms with E-state index >= 15 is 0 Å². The fourth-order valence-corrected chi connectivity index (χ4v) is 1.75. The Kier molecular flexibility index (Phi) is 3.83. The van der Waals surface area contributed by atoms with Gasteiger partial charge in [-0.2, -0.15) is 0 Å². The molecule has 2 aromatic carbocycles. The summed E-state index contributed by atoms with van der Waals surface area (Å²) in [6.07, 6.45) is -0.733. The molecule has 0 saturated heterocycles. The van der Waals surface area contributed by atoms with Crippen molar-refractivity contribution in [2.24, 2.45) is 0 Å². The van der Waals surface area contributed by atoms with Crippen molar-refractivity contribution in [2.45, 2.75) is 6.42 Å². The predicted octanol–water partition coefficient (Wildman–Crippen LogP) is 3.81. The highest BCUT2D eigenvalue weighted by Gasteiger charge is 2.20. The molecule has 0 N–H and O–H groups in total. The van der Waals surface area contributed by atoms with Gasteiger partial charge in [-0.3, -0.25) is 4.79 Å². The van der Waals surface area contributed by atoms with Crippen LogP contribution in [0.1, 0.15) is 15.9 Å². The minimum absolute atomic E-state index is 0.335. The zero-order valence-electron chi connectivity index (χ0n) is 9.89. The van der Waals surface area contributed by atoms with Crippen LogP contribution in [0.25, 0.3) is 0 Å². The van der Waals surface area contributed by atoms with Crippen LogP contribution in [0.3, 0.4) is 0 Å². The van der Waals surface area contributed by atoms with Gasteiger partial charge in [0, 0.05) is 18.6 Å². The summed E-state index contributed by atoms with van der Waals surface area (Å²) in [5, 5.41) is 0. The summed E-state index contributed by atoms with van der Waals surface area (Å²) in [6, 6.07) is 3.10. The molecular formula is C14H7F5O. The molecule has 0 bridgehead atoms. The number of rotatable bonds is 3. The zero-order valence-corrected chi connectivity index (χ0v) is 9.89. The Morgan fingerprint density at radius 2 is 1.40 bits per heavy atom. The van der Waals surface area contributed by atoms with E-state index in [1.165, 1.54) is 0 Å². The molecule has 0 aromatic heterocycles. The van der Waals surface area contributed by atoms with Crippen LogP contribution < -0.4 is 0 Å². The van der Waals surface area contributed by atoms with E-state index < -0.39 is 46.9 Å². The summed E-state index contributed by atoms with van der Waals surface area (Å²) in [5.41, 5.74) is -1.31. The fourth-order valence-electron chi connectivity index (χ4n) is 1.75. The Balaban J connectivity index is 2.36. The molecule has 6 heteroatoms. The van der Waals surface area contributed by atoms with Gasteiger partial charge in [0.05, 0.1) is 5.56 Å². The van der Waals surface area contributed by atoms with E-state index in [0.29, 0.717) is 12.1 Å². The van der Waals surface area contributed by atoms with E-state index in [-0.39, 0.29) is 5.56 Å². The molecule has 0 unspecified atom stereocenters. The van der Waals surface area contributed by atoms with Crippen LogP contribution in [0, 0.1) is 29.1 Å². The minimum atomic E-state index is -1.38. The number of ketones is 1. The molecule has 0 radical (unpaired) electrons. The third-order valence-electron chi connectivity index (χ3n) is 2.64. The second-order valence-electron chi connectivity index (χ2n) is 4.08. The summed E-state index contributed by atoms with van der Waals surface area (Å²) in [4.78, 5) is 11.7. The Bertz CT molecular complexity index is 658. The van der Waals surface area contributed by atoms with Gasteiger partial charge in [-0.1, -0.05) is 0 Å². The quantitative estimate of drug-likeness (QED) is 0.619. The summed E-state index contributed by atoms with van der Waals surface area (Å²) >= 11 is 0. The molecule has 0 fully saturated rings. The van der Waals surface area contributed by atoms with E-state index in [2.05, 4.69) is 0 Å². The highest BCUT2D eigenvalue weighted by Crippen LogP contribution is 2.19. The molecule has 0 aliphatic carbocycles. The Hall–Kier alpha value is -2.24. The van der Waals surface area contributed by atoms with Crippen LogP contribution in [-0.4, -0.2) is 5.78 Å². The van der Waals surface area contributed by atoms with Crippen molar-refractivity contribution in [1.29, 1.82) is 0 Å². The molecule has 0 aliphatic heterocycles. The topological polar surface area (TPSA) is 17.1 Å². The Labute approximate surface area is 110 Å². The Morgan fingerprint density at radius 1 is 0.800 bits per heavy atom. The van der Waals surface area contributed by atoms with E-state index in [0.717, 1.165) is 18.2 Å². The fraction of sp³-hybridized carbons (Fsp3) is 0.0714. The number of benzene rings is 2. The molecule has 0 saturated carbocycles. The molecule has 2 aromatic rings. The van der Waals surface area contributed by atoms with Gasteiger partial charge in [-0.25, -0.2) is 22.0 Å². The first-order valence-electron chi connectivity index (χ1n) is 5.50. The molecule has 0 spiro atoms.